The zero-order valence-corrected chi connectivity index (χ0v) is 16.8. The summed E-state index contributed by atoms with van der Waals surface area (Å²) < 4.78 is 0. The molecule has 0 spiro atoms. The molecule has 0 fully saturated rings. The summed E-state index contributed by atoms with van der Waals surface area (Å²) in [6.07, 6.45) is 1.93. The number of nitrogens with zero attached hydrogens (tertiary/aromatic N) is 2. The van der Waals surface area contributed by atoms with Gasteiger partial charge in [-0.05, 0) is 36.1 Å². The SMILES string of the molecule is Cc1ccnc(NC(=O)CN(C)C(=O)CCC(=O)CCC(=O)c2cccs2)c1. The van der Waals surface area contributed by atoms with Crippen molar-refractivity contribution >= 4 is 40.5 Å². The fourth-order valence-electron chi connectivity index (χ4n) is 2.47. The molecule has 2 amide bonds. The zero-order chi connectivity index (χ0) is 20.5. The van der Waals surface area contributed by atoms with Gasteiger partial charge >= 0.3 is 0 Å². The largest absolute Gasteiger partial charge is 0.336 e. The standard InChI is InChI=1S/C20H23N3O4S/c1-14-9-10-21-18(12-14)22-19(26)13-23(2)20(27)8-6-15(24)5-7-16(25)17-4-3-11-28-17/h3-4,9-12H,5-8,13H2,1-2H3,(H,21,22,26). The van der Waals surface area contributed by atoms with Crippen molar-refractivity contribution in [3.8, 4) is 0 Å². The Morgan fingerprint density at radius 1 is 1.11 bits per heavy atom. The van der Waals surface area contributed by atoms with Crippen molar-refractivity contribution in [1.82, 2.24) is 9.88 Å². The first-order chi connectivity index (χ1) is 13.3. The molecular weight excluding hydrogens is 378 g/mol. The lowest BCUT2D eigenvalue weighted by molar-refractivity contribution is -0.134. The van der Waals surface area contributed by atoms with Crippen LogP contribution in [0.3, 0.4) is 0 Å². The monoisotopic (exact) mass is 401 g/mol. The second kappa shape index (κ2) is 10.5. The van der Waals surface area contributed by atoms with E-state index in [1.807, 2.05) is 18.4 Å². The number of hydrogen-bond donors (Lipinski definition) is 1. The summed E-state index contributed by atoms with van der Waals surface area (Å²) in [7, 11) is 1.51. The van der Waals surface area contributed by atoms with Gasteiger partial charge in [0.25, 0.3) is 0 Å². The highest BCUT2D eigenvalue weighted by atomic mass is 32.1. The second-order valence-electron chi connectivity index (χ2n) is 6.46. The van der Waals surface area contributed by atoms with Crippen LogP contribution in [0.5, 0.6) is 0 Å². The average Bonchev–Trinajstić information content (AvgIpc) is 3.18. The number of ketones is 2. The van der Waals surface area contributed by atoms with Gasteiger partial charge in [0.2, 0.25) is 11.8 Å². The molecule has 2 rings (SSSR count). The molecule has 0 saturated heterocycles. The summed E-state index contributed by atoms with van der Waals surface area (Å²) in [6, 6.07) is 7.07. The molecule has 0 saturated carbocycles. The third-order valence-corrected chi connectivity index (χ3v) is 4.94. The molecule has 0 unspecified atom stereocenters. The number of Topliss-reactive ketones (excluding diaryl/α,β-unsaturated/α-hetero) is 2. The molecule has 0 aliphatic carbocycles. The first kappa shape index (κ1) is 21.4. The van der Waals surface area contributed by atoms with Crippen molar-refractivity contribution in [3.05, 3.63) is 46.3 Å². The van der Waals surface area contributed by atoms with Crippen molar-refractivity contribution in [1.29, 1.82) is 0 Å². The number of thiophene rings is 1. The number of carbonyl (C=O) groups is 4. The molecule has 2 aromatic heterocycles. The smallest absolute Gasteiger partial charge is 0.245 e. The van der Waals surface area contributed by atoms with E-state index < -0.39 is 0 Å². The summed E-state index contributed by atoms with van der Waals surface area (Å²) >= 11 is 1.35. The highest BCUT2D eigenvalue weighted by Crippen LogP contribution is 2.13. The van der Waals surface area contributed by atoms with Gasteiger partial charge in [-0.2, -0.15) is 0 Å². The Kier molecular flexibility index (Phi) is 8.01. The fraction of sp³-hybridized carbons (Fsp3) is 0.350. The molecule has 7 nitrogen and oxygen atoms in total. The van der Waals surface area contributed by atoms with E-state index in [1.54, 1.807) is 24.4 Å². The molecule has 0 aromatic carbocycles. The van der Waals surface area contributed by atoms with Gasteiger partial charge in [0.1, 0.15) is 11.6 Å². The van der Waals surface area contributed by atoms with Crippen LogP contribution in [-0.2, 0) is 14.4 Å². The minimum absolute atomic E-state index is 0.0124. The van der Waals surface area contributed by atoms with Gasteiger partial charge in [0.05, 0.1) is 11.4 Å². The predicted molar refractivity (Wildman–Crippen MR) is 107 cm³/mol. The Bertz CT molecular complexity index is 849. The summed E-state index contributed by atoms with van der Waals surface area (Å²) in [5.41, 5.74) is 0.964. The van der Waals surface area contributed by atoms with Crippen molar-refractivity contribution < 1.29 is 19.2 Å². The van der Waals surface area contributed by atoms with Gasteiger partial charge < -0.3 is 10.2 Å². The lowest BCUT2D eigenvalue weighted by Crippen LogP contribution is -2.35. The number of amides is 2. The maximum absolute atomic E-state index is 12.1. The number of anilines is 1. The Hall–Kier alpha value is -2.87. The lowest BCUT2D eigenvalue weighted by Gasteiger charge is -2.16. The molecule has 0 bridgehead atoms. The van der Waals surface area contributed by atoms with Gasteiger partial charge in [0, 0.05) is 38.9 Å². The third kappa shape index (κ3) is 7.03. The van der Waals surface area contributed by atoms with Crippen LogP contribution in [0.25, 0.3) is 0 Å². The van der Waals surface area contributed by atoms with E-state index >= 15 is 0 Å². The molecule has 0 aliphatic rings. The van der Waals surface area contributed by atoms with Crippen molar-refractivity contribution in [2.24, 2.45) is 0 Å². The first-order valence-electron chi connectivity index (χ1n) is 8.90. The number of rotatable bonds is 10. The number of carbonyl (C=O) groups excluding carboxylic acids is 4. The molecular formula is C20H23N3O4S. The van der Waals surface area contributed by atoms with Gasteiger partial charge in [0.15, 0.2) is 5.78 Å². The van der Waals surface area contributed by atoms with E-state index in [4.69, 9.17) is 0 Å². The van der Waals surface area contributed by atoms with Crippen LogP contribution in [0.2, 0.25) is 0 Å². The fourth-order valence-corrected chi connectivity index (χ4v) is 3.16. The van der Waals surface area contributed by atoms with E-state index in [1.165, 1.54) is 23.3 Å². The van der Waals surface area contributed by atoms with E-state index in [0.717, 1.165) is 5.56 Å². The van der Waals surface area contributed by atoms with Crippen LogP contribution >= 0.6 is 11.3 Å². The van der Waals surface area contributed by atoms with Crippen LogP contribution in [0.1, 0.15) is 40.9 Å². The third-order valence-electron chi connectivity index (χ3n) is 4.03. The number of pyridine rings is 1. The molecule has 8 heteroatoms. The highest BCUT2D eigenvalue weighted by Gasteiger charge is 2.16. The molecule has 148 valence electrons. The summed E-state index contributed by atoms with van der Waals surface area (Å²) in [5, 5.41) is 4.45. The Morgan fingerprint density at radius 3 is 2.54 bits per heavy atom. The van der Waals surface area contributed by atoms with Crippen LogP contribution in [0, 0.1) is 6.92 Å². The molecule has 0 atom stereocenters. The van der Waals surface area contributed by atoms with E-state index in [2.05, 4.69) is 10.3 Å². The van der Waals surface area contributed by atoms with Crippen LogP contribution < -0.4 is 5.32 Å². The van der Waals surface area contributed by atoms with Crippen molar-refractivity contribution in [3.63, 3.8) is 0 Å². The number of hydrogen-bond acceptors (Lipinski definition) is 6. The quantitative estimate of drug-likeness (QED) is 0.618. The second-order valence-corrected chi connectivity index (χ2v) is 7.40. The highest BCUT2D eigenvalue weighted by molar-refractivity contribution is 7.12. The predicted octanol–water partition coefficient (Wildman–Crippen LogP) is 2.86. The van der Waals surface area contributed by atoms with Gasteiger partial charge in [-0.15, -0.1) is 11.3 Å². The van der Waals surface area contributed by atoms with Crippen molar-refractivity contribution in [2.45, 2.75) is 32.6 Å². The molecule has 0 aliphatic heterocycles. The number of aromatic nitrogens is 1. The van der Waals surface area contributed by atoms with E-state index in [-0.39, 0.29) is 55.6 Å². The van der Waals surface area contributed by atoms with Crippen LogP contribution in [0.15, 0.2) is 35.8 Å². The normalized spacial score (nSPS) is 10.4. The van der Waals surface area contributed by atoms with Crippen molar-refractivity contribution in [2.75, 3.05) is 18.9 Å². The van der Waals surface area contributed by atoms with Crippen LogP contribution in [0.4, 0.5) is 5.82 Å². The lowest BCUT2D eigenvalue weighted by atomic mass is 10.1. The Morgan fingerprint density at radius 2 is 1.86 bits per heavy atom. The first-order valence-corrected chi connectivity index (χ1v) is 9.78. The summed E-state index contributed by atoms with van der Waals surface area (Å²) in [6.45, 7) is 1.76. The summed E-state index contributed by atoms with van der Waals surface area (Å²) in [4.78, 5) is 53.9. The van der Waals surface area contributed by atoms with Gasteiger partial charge in [-0.3, -0.25) is 19.2 Å². The topological polar surface area (TPSA) is 96.4 Å². The van der Waals surface area contributed by atoms with E-state index in [9.17, 15) is 19.2 Å². The van der Waals surface area contributed by atoms with Gasteiger partial charge in [-0.1, -0.05) is 6.07 Å². The number of aryl methyl sites for hydroxylation is 1. The number of likely N-dealkylation sites (N-methyl/N-ethyl adjacent to an activating group) is 1. The van der Waals surface area contributed by atoms with Gasteiger partial charge in [-0.25, -0.2) is 4.98 Å². The maximum Gasteiger partial charge on any atom is 0.245 e. The molecule has 2 aromatic rings. The minimum atomic E-state index is -0.359. The maximum atomic E-state index is 12.1. The van der Waals surface area contributed by atoms with E-state index in [0.29, 0.717) is 10.7 Å². The summed E-state index contributed by atoms with van der Waals surface area (Å²) in [5.74, 6) is -0.433. The minimum Gasteiger partial charge on any atom is -0.336 e. The Balaban J connectivity index is 1.69. The molecule has 0 radical (unpaired) electrons. The van der Waals surface area contributed by atoms with Crippen LogP contribution in [-0.4, -0.2) is 46.9 Å². The zero-order valence-electron chi connectivity index (χ0n) is 15.9. The molecule has 28 heavy (non-hydrogen) atoms. The average molecular weight is 401 g/mol. The number of nitrogens with one attached hydrogen (secondary N) is 1. The molecule has 1 N–H and O–H groups in total. The molecule has 2 heterocycles. The Labute approximate surface area is 167 Å².